The molecule has 0 aliphatic heterocycles. The van der Waals surface area contributed by atoms with Gasteiger partial charge in [0.25, 0.3) is 5.78 Å². The number of fused-ring (bicyclic) bond motifs is 1. The normalized spacial score (nSPS) is 9.75. The molecule has 3 nitrogen and oxygen atoms in total. The molecule has 0 amide bonds. The molecular formula is C13H9NO2. The third-order valence-electron chi connectivity index (χ3n) is 2.45. The molecule has 0 bridgehead atoms. The number of hydrogen-bond donors (Lipinski definition) is 0. The van der Waals surface area contributed by atoms with E-state index in [9.17, 15) is 4.79 Å². The van der Waals surface area contributed by atoms with Gasteiger partial charge in [0.2, 0.25) is 0 Å². The molecule has 0 unspecified atom stereocenters. The summed E-state index contributed by atoms with van der Waals surface area (Å²) >= 11 is 0. The Kier molecular flexibility index (Phi) is 2.57. The van der Waals surface area contributed by atoms with E-state index in [-0.39, 0.29) is 0 Å². The smallest absolute Gasteiger partial charge is 0.262 e. The standard InChI is InChI=1S/C13H9NO2/c1-16-13-7-6-10(12(15)8-14)9-4-2-3-5-11(9)13/h2-7H,1H3. The number of ketones is 1. The fraction of sp³-hybridized carbons (Fsp3) is 0.0769. The van der Waals surface area contributed by atoms with Crippen molar-refractivity contribution in [3.8, 4) is 11.8 Å². The summed E-state index contributed by atoms with van der Waals surface area (Å²) in [6, 6.07) is 12.3. The lowest BCUT2D eigenvalue weighted by molar-refractivity contribution is 0.105. The van der Waals surface area contributed by atoms with Crippen LogP contribution in [0.2, 0.25) is 0 Å². The summed E-state index contributed by atoms with van der Waals surface area (Å²) in [6.07, 6.45) is 0. The molecule has 2 aromatic carbocycles. The first-order chi connectivity index (χ1) is 7.77. The zero-order chi connectivity index (χ0) is 11.5. The maximum Gasteiger partial charge on any atom is 0.262 e. The summed E-state index contributed by atoms with van der Waals surface area (Å²) < 4.78 is 5.20. The maximum atomic E-state index is 11.4. The number of Topliss-reactive ketones (excluding diaryl/α,β-unsaturated/α-hetero) is 1. The zero-order valence-corrected chi connectivity index (χ0v) is 8.73. The average molecular weight is 211 g/mol. The van der Waals surface area contributed by atoms with Crippen LogP contribution in [0.25, 0.3) is 10.8 Å². The van der Waals surface area contributed by atoms with Gasteiger partial charge >= 0.3 is 0 Å². The van der Waals surface area contributed by atoms with Gasteiger partial charge in [-0.25, -0.2) is 0 Å². The highest BCUT2D eigenvalue weighted by Crippen LogP contribution is 2.28. The van der Waals surface area contributed by atoms with Gasteiger partial charge in [-0.15, -0.1) is 0 Å². The fourth-order valence-electron chi connectivity index (χ4n) is 1.71. The van der Waals surface area contributed by atoms with Crippen molar-refractivity contribution >= 4 is 16.6 Å². The topological polar surface area (TPSA) is 50.1 Å². The number of hydrogen-bond acceptors (Lipinski definition) is 3. The molecule has 0 N–H and O–H groups in total. The lowest BCUT2D eigenvalue weighted by atomic mass is 10.0. The molecule has 0 aliphatic carbocycles. The average Bonchev–Trinajstić information content (AvgIpc) is 2.36. The van der Waals surface area contributed by atoms with Crippen molar-refractivity contribution in [3.05, 3.63) is 42.0 Å². The van der Waals surface area contributed by atoms with Crippen molar-refractivity contribution in [1.82, 2.24) is 0 Å². The molecule has 0 aromatic heterocycles. The lowest BCUT2D eigenvalue weighted by Crippen LogP contribution is -1.97. The molecule has 0 atom stereocenters. The van der Waals surface area contributed by atoms with Crippen LogP contribution in [0.1, 0.15) is 10.4 Å². The Labute approximate surface area is 92.9 Å². The van der Waals surface area contributed by atoms with Crippen molar-refractivity contribution in [3.63, 3.8) is 0 Å². The second kappa shape index (κ2) is 4.03. The predicted molar refractivity (Wildman–Crippen MR) is 60.4 cm³/mol. The fourth-order valence-corrected chi connectivity index (χ4v) is 1.71. The molecule has 0 spiro atoms. The quantitative estimate of drug-likeness (QED) is 0.566. The van der Waals surface area contributed by atoms with Gasteiger partial charge in [0.1, 0.15) is 11.8 Å². The molecule has 0 saturated heterocycles. The minimum Gasteiger partial charge on any atom is -0.496 e. The van der Waals surface area contributed by atoms with Crippen molar-refractivity contribution in [2.45, 2.75) is 0 Å². The predicted octanol–water partition coefficient (Wildman–Crippen LogP) is 2.55. The molecule has 0 heterocycles. The molecule has 0 radical (unpaired) electrons. The number of methoxy groups -OCH3 is 1. The summed E-state index contributed by atoms with van der Waals surface area (Å²) in [7, 11) is 1.58. The monoisotopic (exact) mass is 211 g/mol. The van der Waals surface area contributed by atoms with E-state index in [1.807, 2.05) is 24.3 Å². The molecule has 2 rings (SSSR count). The second-order valence-electron chi connectivity index (χ2n) is 3.30. The van der Waals surface area contributed by atoms with Crippen molar-refractivity contribution < 1.29 is 9.53 Å². The van der Waals surface area contributed by atoms with Crippen LogP contribution in [-0.4, -0.2) is 12.9 Å². The van der Waals surface area contributed by atoms with E-state index >= 15 is 0 Å². The van der Waals surface area contributed by atoms with Gasteiger partial charge in [-0.05, 0) is 17.5 Å². The van der Waals surface area contributed by atoms with E-state index in [1.165, 1.54) is 0 Å². The zero-order valence-electron chi connectivity index (χ0n) is 8.73. The van der Waals surface area contributed by atoms with Crippen LogP contribution in [-0.2, 0) is 0 Å². The van der Waals surface area contributed by atoms with Gasteiger partial charge in [-0.1, -0.05) is 24.3 Å². The maximum absolute atomic E-state index is 11.4. The van der Waals surface area contributed by atoms with Crippen LogP contribution in [0, 0.1) is 11.3 Å². The molecule has 2 aromatic rings. The molecule has 0 saturated carbocycles. The molecule has 78 valence electrons. The van der Waals surface area contributed by atoms with E-state index in [1.54, 1.807) is 25.3 Å². The van der Waals surface area contributed by atoms with Crippen LogP contribution in [0.4, 0.5) is 0 Å². The first-order valence-electron chi connectivity index (χ1n) is 4.78. The van der Waals surface area contributed by atoms with Gasteiger partial charge in [0.15, 0.2) is 0 Å². The van der Waals surface area contributed by atoms with Crippen LogP contribution in [0.5, 0.6) is 5.75 Å². The van der Waals surface area contributed by atoms with Gasteiger partial charge in [0, 0.05) is 10.9 Å². The molecular weight excluding hydrogens is 202 g/mol. The third kappa shape index (κ3) is 1.51. The number of carbonyl (C=O) groups excluding carboxylic acids is 1. The van der Waals surface area contributed by atoms with Gasteiger partial charge in [-0.3, -0.25) is 4.79 Å². The van der Waals surface area contributed by atoms with E-state index in [0.717, 1.165) is 10.8 Å². The first kappa shape index (κ1) is 10.2. The summed E-state index contributed by atoms with van der Waals surface area (Å²) in [4.78, 5) is 11.4. The number of nitriles is 1. The van der Waals surface area contributed by atoms with E-state index in [4.69, 9.17) is 10.00 Å². The Bertz CT molecular complexity index is 596. The summed E-state index contributed by atoms with van der Waals surface area (Å²) in [5.74, 6) is 0.170. The molecule has 3 heteroatoms. The van der Waals surface area contributed by atoms with Gasteiger partial charge in [-0.2, -0.15) is 5.26 Å². The highest BCUT2D eigenvalue weighted by atomic mass is 16.5. The molecule has 16 heavy (non-hydrogen) atoms. The van der Waals surface area contributed by atoms with Crippen molar-refractivity contribution in [2.24, 2.45) is 0 Å². The van der Waals surface area contributed by atoms with E-state index < -0.39 is 5.78 Å². The minimum absolute atomic E-state index is 0.416. The second-order valence-corrected chi connectivity index (χ2v) is 3.30. The third-order valence-corrected chi connectivity index (χ3v) is 2.45. The Hall–Kier alpha value is -2.34. The SMILES string of the molecule is COc1ccc(C(=O)C#N)c2ccccc12. The van der Waals surface area contributed by atoms with Crippen LogP contribution < -0.4 is 4.74 Å². The van der Waals surface area contributed by atoms with E-state index in [0.29, 0.717) is 11.3 Å². The first-order valence-corrected chi connectivity index (χ1v) is 4.78. The Morgan fingerprint density at radius 1 is 1.19 bits per heavy atom. The Balaban J connectivity index is 2.81. The van der Waals surface area contributed by atoms with Crippen LogP contribution in [0.15, 0.2) is 36.4 Å². The number of nitrogens with zero attached hydrogens (tertiary/aromatic N) is 1. The van der Waals surface area contributed by atoms with Crippen molar-refractivity contribution in [1.29, 1.82) is 5.26 Å². The highest BCUT2D eigenvalue weighted by Gasteiger charge is 2.11. The summed E-state index contributed by atoms with van der Waals surface area (Å²) in [5, 5.41) is 10.2. The minimum atomic E-state index is -0.529. The highest BCUT2D eigenvalue weighted by molar-refractivity contribution is 6.16. The summed E-state index contributed by atoms with van der Waals surface area (Å²) in [5.41, 5.74) is 0.416. The van der Waals surface area contributed by atoms with E-state index in [2.05, 4.69) is 0 Å². The Morgan fingerprint density at radius 2 is 1.88 bits per heavy atom. The molecule has 0 fully saturated rings. The number of carbonyl (C=O) groups is 1. The van der Waals surface area contributed by atoms with Crippen LogP contribution >= 0.6 is 0 Å². The summed E-state index contributed by atoms with van der Waals surface area (Å²) in [6.45, 7) is 0. The van der Waals surface area contributed by atoms with Crippen molar-refractivity contribution in [2.75, 3.05) is 7.11 Å². The number of benzene rings is 2. The van der Waals surface area contributed by atoms with Gasteiger partial charge < -0.3 is 4.74 Å². The Morgan fingerprint density at radius 3 is 2.50 bits per heavy atom. The molecule has 0 aliphatic rings. The number of rotatable bonds is 2. The largest absolute Gasteiger partial charge is 0.496 e. The van der Waals surface area contributed by atoms with Gasteiger partial charge in [0.05, 0.1) is 7.11 Å². The van der Waals surface area contributed by atoms with Crippen LogP contribution in [0.3, 0.4) is 0 Å². The number of ether oxygens (including phenoxy) is 1. The lowest BCUT2D eigenvalue weighted by Gasteiger charge is -2.07.